The minimum Gasteiger partial charge on any atom is -0.493 e. The molecule has 0 unspecified atom stereocenters. The van der Waals surface area contributed by atoms with Gasteiger partial charge in [-0.15, -0.1) is 0 Å². The summed E-state index contributed by atoms with van der Waals surface area (Å²) >= 11 is 0. The van der Waals surface area contributed by atoms with Crippen molar-refractivity contribution >= 4 is 17.8 Å². The summed E-state index contributed by atoms with van der Waals surface area (Å²) in [5.74, 6) is 1.22. The fraction of sp³-hybridized carbons (Fsp3) is 0.222. The van der Waals surface area contributed by atoms with Gasteiger partial charge in [0, 0.05) is 11.3 Å². The molecule has 0 saturated heterocycles. The second-order valence-electron chi connectivity index (χ2n) is 4.94. The van der Waals surface area contributed by atoms with Crippen molar-refractivity contribution < 1.29 is 19.0 Å². The smallest absolute Gasteiger partial charge is 0.259 e. The van der Waals surface area contributed by atoms with Crippen molar-refractivity contribution in [1.82, 2.24) is 5.43 Å². The Morgan fingerprint density at radius 2 is 1.72 bits per heavy atom. The number of carbonyl (C=O) groups is 1. The van der Waals surface area contributed by atoms with E-state index < -0.39 is 0 Å². The van der Waals surface area contributed by atoms with Gasteiger partial charge in [0.15, 0.2) is 11.5 Å². The van der Waals surface area contributed by atoms with Crippen LogP contribution in [0.15, 0.2) is 47.6 Å². The number of nitrogens with one attached hydrogen (secondary N) is 2. The highest BCUT2D eigenvalue weighted by atomic mass is 16.5. The van der Waals surface area contributed by atoms with Gasteiger partial charge in [-0.25, -0.2) is 5.43 Å². The molecule has 0 heterocycles. The molecule has 2 aromatic carbocycles. The molecule has 1 amide bonds. The van der Waals surface area contributed by atoms with E-state index in [-0.39, 0.29) is 12.5 Å². The van der Waals surface area contributed by atoms with E-state index in [1.165, 1.54) is 20.4 Å². The van der Waals surface area contributed by atoms with Crippen LogP contribution < -0.4 is 25.0 Å². The van der Waals surface area contributed by atoms with Gasteiger partial charge in [0.25, 0.3) is 5.91 Å². The molecule has 0 atom stereocenters. The second kappa shape index (κ2) is 9.17. The van der Waals surface area contributed by atoms with Crippen molar-refractivity contribution in [2.75, 3.05) is 33.2 Å². The number of methoxy groups -OCH3 is 3. The number of hydrazone groups is 1. The molecule has 25 heavy (non-hydrogen) atoms. The Morgan fingerprint density at radius 3 is 2.36 bits per heavy atom. The Hall–Kier alpha value is -3.22. The molecule has 0 saturated carbocycles. The zero-order valence-electron chi connectivity index (χ0n) is 14.4. The lowest BCUT2D eigenvalue weighted by Crippen LogP contribution is -2.25. The quantitative estimate of drug-likeness (QED) is 0.568. The van der Waals surface area contributed by atoms with E-state index in [9.17, 15) is 4.79 Å². The Labute approximate surface area is 146 Å². The third-order valence-electron chi connectivity index (χ3n) is 3.35. The van der Waals surface area contributed by atoms with Crippen molar-refractivity contribution in [2.45, 2.75) is 0 Å². The molecule has 7 heteroatoms. The van der Waals surface area contributed by atoms with Crippen LogP contribution in [-0.4, -0.2) is 40.0 Å². The first kappa shape index (κ1) is 18.1. The molecular formula is C18H21N3O4. The summed E-state index contributed by atoms with van der Waals surface area (Å²) in [6.45, 7) is 0.115. The van der Waals surface area contributed by atoms with Crippen LogP contribution in [-0.2, 0) is 4.79 Å². The van der Waals surface area contributed by atoms with E-state index in [0.717, 1.165) is 5.69 Å². The predicted molar refractivity (Wildman–Crippen MR) is 96.8 cm³/mol. The van der Waals surface area contributed by atoms with Crippen molar-refractivity contribution in [2.24, 2.45) is 5.10 Å². The highest BCUT2D eigenvalue weighted by Crippen LogP contribution is 2.38. The molecule has 2 N–H and O–H groups in total. The first-order valence-electron chi connectivity index (χ1n) is 7.59. The van der Waals surface area contributed by atoms with E-state index in [1.807, 2.05) is 30.3 Å². The van der Waals surface area contributed by atoms with E-state index in [4.69, 9.17) is 14.2 Å². The van der Waals surface area contributed by atoms with Crippen LogP contribution in [0.4, 0.5) is 5.69 Å². The third-order valence-corrected chi connectivity index (χ3v) is 3.35. The summed E-state index contributed by atoms with van der Waals surface area (Å²) in [6.07, 6.45) is 1.49. The van der Waals surface area contributed by atoms with Gasteiger partial charge >= 0.3 is 0 Å². The van der Waals surface area contributed by atoms with E-state index in [2.05, 4.69) is 15.8 Å². The van der Waals surface area contributed by atoms with Crippen LogP contribution in [0.3, 0.4) is 0 Å². The number of hydrogen-bond acceptors (Lipinski definition) is 6. The molecule has 7 nitrogen and oxygen atoms in total. The van der Waals surface area contributed by atoms with Crippen molar-refractivity contribution in [3.8, 4) is 17.2 Å². The lowest BCUT2D eigenvalue weighted by Gasteiger charge is -2.13. The molecule has 2 aromatic rings. The SMILES string of the molecule is COc1ccc(/C=N\NC(=O)CNc2ccccc2)c(OC)c1OC. The fourth-order valence-corrected chi connectivity index (χ4v) is 2.18. The lowest BCUT2D eigenvalue weighted by atomic mass is 10.2. The maximum atomic E-state index is 11.8. The average molecular weight is 343 g/mol. The predicted octanol–water partition coefficient (Wildman–Crippen LogP) is 2.27. The van der Waals surface area contributed by atoms with Crippen LogP contribution in [0, 0.1) is 0 Å². The van der Waals surface area contributed by atoms with E-state index in [0.29, 0.717) is 22.8 Å². The average Bonchev–Trinajstić information content (AvgIpc) is 2.66. The molecule has 0 spiro atoms. The van der Waals surface area contributed by atoms with Gasteiger partial charge in [-0.2, -0.15) is 5.10 Å². The van der Waals surface area contributed by atoms with Gasteiger partial charge in [-0.3, -0.25) is 4.79 Å². The summed E-state index contributed by atoms with van der Waals surface area (Å²) in [5, 5.41) is 6.95. The zero-order valence-corrected chi connectivity index (χ0v) is 14.4. The molecule has 0 aliphatic rings. The number of hydrogen-bond donors (Lipinski definition) is 2. The number of para-hydroxylation sites is 1. The van der Waals surface area contributed by atoms with Crippen LogP contribution in [0.2, 0.25) is 0 Å². The molecule has 0 radical (unpaired) electrons. The van der Waals surface area contributed by atoms with Gasteiger partial charge in [-0.1, -0.05) is 18.2 Å². The standard InChI is InChI=1S/C18H21N3O4/c1-23-15-10-9-13(17(24-2)18(15)25-3)11-20-21-16(22)12-19-14-7-5-4-6-8-14/h4-11,19H,12H2,1-3H3,(H,21,22)/b20-11-. The zero-order chi connectivity index (χ0) is 18.1. The van der Waals surface area contributed by atoms with E-state index in [1.54, 1.807) is 19.2 Å². The number of anilines is 1. The largest absolute Gasteiger partial charge is 0.493 e. The fourth-order valence-electron chi connectivity index (χ4n) is 2.18. The summed E-state index contributed by atoms with van der Waals surface area (Å²) in [6, 6.07) is 12.9. The van der Waals surface area contributed by atoms with Gasteiger partial charge in [0.05, 0.1) is 34.1 Å². The summed E-state index contributed by atoms with van der Waals surface area (Å²) in [5.41, 5.74) is 3.97. The Balaban J connectivity index is 1.98. The van der Waals surface area contributed by atoms with Gasteiger partial charge in [-0.05, 0) is 24.3 Å². The first-order valence-corrected chi connectivity index (χ1v) is 7.59. The first-order chi connectivity index (χ1) is 12.2. The van der Waals surface area contributed by atoms with Crippen LogP contribution in [0.5, 0.6) is 17.2 Å². The Bertz CT molecular complexity index is 733. The summed E-state index contributed by atoms with van der Waals surface area (Å²) in [7, 11) is 4.60. The van der Waals surface area contributed by atoms with Crippen molar-refractivity contribution in [1.29, 1.82) is 0 Å². The molecule has 0 fully saturated rings. The molecule has 0 aliphatic heterocycles. The Kier molecular flexibility index (Phi) is 6.65. The maximum Gasteiger partial charge on any atom is 0.259 e. The van der Waals surface area contributed by atoms with Crippen molar-refractivity contribution in [3.63, 3.8) is 0 Å². The molecule has 2 rings (SSSR count). The Morgan fingerprint density at radius 1 is 1.00 bits per heavy atom. The minimum absolute atomic E-state index is 0.115. The third kappa shape index (κ3) is 4.87. The van der Waals surface area contributed by atoms with Crippen molar-refractivity contribution in [3.05, 3.63) is 48.0 Å². The van der Waals surface area contributed by atoms with Crippen LogP contribution >= 0.6 is 0 Å². The monoisotopic (exact) mass is 343 g/mol. The minimum atomic E-state index is -0.264. The van der Waals surface area contributed by atoms with E-state index >= 15 is 0 Å². The lowest BCUT2D eigenvalue weighted by molar-refractivity contribution is -0.119. The molecule has 0 bridgehead atoms. The van der Waals surface area contributed by atoms with Crippen LogP contribution in [0.25, 0.3) is 0 Å². The highest BCUT2D eigenvalue weighted by Gasteiger charge is 2.14. The van der Waals surface area contributed by atoms with Crippen LogP contribution in [0.1, 0.15) is 5.56 Å². The molecule has 0 aliphatic carbocycles. The van der Waals surface area contributed by atoms with Gasteiger partial charge < -0.3 is 19.5 Å². The number of rotatable bonds is 8. The topological polar surface area (TPSA) is 81.2 Å². The molecular weight excluding hydrogens is 322 g/mol. The van der Waals surface area contributed by atoms with Gasteiger partial charge in [0.1, 0.15) is 0 Å². The molecule has 132 valence electrons. The normalized spacial score (nSPS) is 10.4. The summed E-state index contributed by atoms with van der Waals surface area (Å²) in [4.78, 5) is 11.8. The van der Waals surface area contributed by atoms with Gasteiger partial charge in [0.2, 0.25) is 5.75 Å². The maximum absolute atomic E-state index is 11.8. The number of amides is 1. The molecule has 0 aromatic heterocycles. The number of ether oxygens (including phenoxy) is 3. The number of benzene rings is 2. The second-order valence-corrected chi connectivity index (χ2v) is 4.94. The number of carbonyl (C=O) groups excluding carboxylic acids is 1. The summed E-state index contributed by atoms with van der Waals surface area (Å²) < 4.78 is 15.9. The highest BCUT2D eigenvalue weighted by molar-refractivity contribution is 5.88. The number of nitrogens with zero attached hydrogens (tertiary/aromatic N) is 1.